The molecule has 0 saturated heterocycles. The Morgan fingerprint density at radius 2 is 2.06 bits per heavy atom. The smallest absolute Gasteiger partial charge is 0.256 e. The molecule has 0 amide bonds. The molecule has 0 N–H and O–H groups in total. The topological polar surface area (TPSA) is 71.8 Å². The van der Waals surface area contributed by atoms with Crippen LogP contribution in [0.1, 0.15) is 25.0 Å². The van der Waals surface area contributed by atoms with Gasteiger partial charge in [0.2, 0.25) is 0 Å². The quantitative estimate of drug-likeness (QED) is 0.465. The van der Waals surface area contributed by atoms with E-state index < -0.39 is 12.7 Å². The molecular formula is C22H17F3N6. The second-order valence-electron chi connectivity index (χ2n) is 7.65. The molecule has 0 spiro atoms. The van der Waals surface area contributed by atoms with Crippen molar-refractivity contribution in [3.63, 3.8) is 0 Å². The lowest BCUT2D eigenvalue weighted by Crippen LogP contribution is -2.18. The number of hydrogen-bond acceptors (Lipinski definition) is 4. The van der Waals surface area contributed by atoms with Crippen molar-refractivity contribution in [2.24, 2.45) is 5.92 Å². The summed E-state index contributed by atoms with van der Waals surface area (Å²) >= 11 is 0. The summed E-state index contributed by atoms with van der Waals surface area (Å²) in [5.74, 6) is 0.0310. The molecule has 0 bridgehead atoms. The minimum Gasteiger partial charge on any atom is -0.256 e. The molecule has 5 rings (SSSR count). The summed E-state index contributed by atoms with van der Waals surface area (Å²) in [5, 5.41) is 18.1. The molecule has 31 heavy (non-hydrogen) atoms. The molecule has 1 aromatic carbocycles. The van der Waals surface area contributed by atoms with E-state index >= 15 is 0 Å². The van der Waals surface area contributed by atoms with Gasteiger partial charge >= 0.3 is 6.18 Å². The number of hydrogen-bond donors (Lipinski definition) is 0. The highest BCUT2D eigenvalue weighted by molar-refractivity contribution is 5.92. The number of fused-ring (bicyclic) bond motifs is 2. The molecular weight excluding hydrogens is 405 g/mol. The van der Waals surface area contributed by atoms with Crippen molar-refractivity contribution in [1.29, 1.82) is 5.26 Å². The van der Waals surface area contributed by atoms with E-state index in [1.54, 1.807) is 35.2 Å². The van der Waals surface area contributed by atoms with Crippen molar-refractivity contribution in [3.8, 4) is 17.2 Å². The molecule has 156 valence electrons. The highest BCUT2D eigenvalue weighted by atomic mass is 19.4. The van der Waals surface area contributed by atoms with Crippen LogP contribution < -0.4 is 0 Å². The molecule has 0 radical (unpaired) electrons. The summed E-state index contributed by atoms with van der Waals surface area (Å²) in [6.07, 6.45) is 6.63. The van der Waals surface area contributed by atoms with Gasteiger partial charge in [-0.05, 0) is 42.5 Å². The zero-order chi connectivity index (χ0) is 21.6. The first-order chi connectivity index (χ1) is 14.9. The van der Waals surface area contributed by atoms with E-state index in [9.17, 15) is 13.2 Å². The minimum absolute atomic E-state index is 0.0310. The molecule has 0 saturated carbocycles. The predicted octanol–water partition coefficient (Wildman–Crippen LogP) is 5.02. The Balaban J connectivity index is 1.59. The zero-order valence-electron chi connectivity index (χ0n) is 16.3. The fourth-order valence-electron chi connectivity index (χ4n) is 4.11. The molecule has 3 heterocycles. The van der Waals surface area contributed by atoms with E-state index in [1.807, 2.05) is 6.07 Å². The summed E-state index contributed by atoms with van der Waals surface area (Å²) < 4.78 is 41.1. The van der Waals surface area contributed by atoms with Crippen LogP contribution in [-0.2, 0) is 6.54 Å². The maximum atomic E-state index is 12.8. The molecule has 4 aromatic rings. The summed E-state index contributed by atoms with van der Waals surface area (Å²) in [7, 11) is 0. The highest BCUT2D eigenvalue weighted by Crippen LogP contribution is 2.35. The fourth-order valence-corrected chi connectivity index (χ4v) is 4.11. The molecule has 9 heteroatoms. The van der Waals surface area contributed by atoms with Crippen LogP contribution >= 0.6 is 0 Å². The Labute approximate surface area is 175 Å². The van der Waals surface area contributed by atoms with E-state index in [1.165, 1.54) is 6.20 Å². The monoisotopic (exact) mass is 422 g/mol. The minimum atomic E-state index is -4.33. The van der Waals surface area contributed by atoms with Crippen LogP contribution in [0, 0.1) is 17.2 Å². The van der Waals surface area contributed by atoms with Crippen molar-refractivity contribution in [3.05, 3.63) is 54.8 Å². The normalized spacial score (nSPS) is 17.1. The van der Waals surface area contributed by atoms with Gasteiger partial charge in [-0.1, -0.05) is 12.1 Å². The van der Waals surface area contributed by atoms with Gasteiger partial charge in [0.25, 0.3) is 0 Å². The Bertz CT molecular complexity index is 1360. The van der Waals surface area contributed by atoms with Crippen LogP contribution in [-0.4, -0.2) is 30.6 Å². The Morgan fingerprint density at radius 1 is 1.19 bits per heavy atom. The Morgan fingerprint density at radius 3 is 2.81 bits per heavy atom. The van der Waals surface area contributed by atoms with Gasteiger partial charge in [-0.2, -0.15) is 28.6 Å². The summed E-state index contributed by atoms with van der Waals surface area (Å²) in [4.78, 5) is 4.59. The summed E-state index contributed by atoms with van der Waals surface area (Å²) in [5.41, 5.74) is 4.84. The van der Waals surface area contributed by atoms with Gasteiger partial charge in [-0.3, -0.25) is 9.67 Å². The molecule has 0 fully saturated rings. The lowest BCUT2D eigenvalue weighted by atomic mass is 9.88. The van der Waals surface area contributed by atoms with E-state index in [0.717, 1.165) is 45.4 Å². The van der Waals surface area contributed by atoms with Crippen LogP contribution in [0.4, 0.5) is 13.2 Å². The summed E-state index contributed by atoms with van der Waals surface area (Å²) in [6, 6.07) is 7.58. The van der Waals surface area contributed by atoms with E-state index in [2.05, 4.69) is 27.3 Å². The van der Waals surface area contributed by atoms with Crippen molar-refractivity contribution >= 4 is 22.0 Å². The van der Waals surface area contributed by atoms with Gasteiger partial charge < -0.3 is 0 Å². The number of benzene rings is 1. The molecule has 6 nitrogen and oxygen atoms in total. The van der Waals surface area contributed by atoms with Gasteiger partial charge in [-0.15, -0.1) is 0 Å². The van der Waals surface area contributed by atoms with Crippen LogP contribution in [0.3, 0.4) is 0 Å². The second-order valence-corrected chi connectivity index (χ2v) is 7.65. The van der Waals surface area contributed by atoms with Crippen molar-refractivity contribution in [1.82, 2.24) is 24.4 Å². The molecule has 0 aliphatic heterocycles. The average Bonchev–Trinajstić information content (AvgIpc) is 3.36. The first-order valence-electron chi connectivity index (χ1n) is 9.87. The lowest BCUT2D eigenvalue weighted by molar-refractivity contribution is -0.141. The maximum Gasteiger partial charge on any atom is 0.408 e. The van der Waals surface area contributed by atoms with Crippen molar-refractivity contribution in [2.75, 3.05) is 0 Å². The van der Waals surface area contributed by atoms with Crippen molar-refractivity contribution in [2.45, 2.75) is 32.0 Å². The highest BCUT2D eigenvalue weighted by Gasteiger charge is 2.29. The standard InChI is InChI=1S/C22H17F3N6/c23-22(24,25)13-31-19-6-5-16(9-17(19)11-28-31)18-12-29-30-8-7-27-20(21(18)30)15-3-1-14(10-26)2-4-15/h3,5-9,11-12,14H,1-2,4,13H2. The van der Waals surface area contributed by atoms with Gasteiger partial charge in [0, 0.05) is 23.3 Å². The Hall–Kier alpha value is -3.67. The predicted molar refractivity (Wildman–Crippen MR) is 109 cm³/mol. The average molecular weight is 422 g/mol. The van der Waals surface area contributed by atoms with Gasteiger partial charge in [0.1, 0.15) is 6.54 Å². The largest absolute Gasteiger partial charge is 0.408 e. The number of nitriles is 1. The number of nitrogens with zero attached hydrogens (tertiary/aromatic N) is 6. The number of rotatable bonds is 3. The Kier molecular flexibility index (Phi) is 4.50. The fraction of sp³-hybridized carbons (Fsp3) is 0.273. The number of allylic oxidation sites excluding steroid dienone is 2. The van der Waals surface area contributed by atoms with Crippen LogP contribution in [0.15, 0.2) is 49.1 Å². The lowest BCUT2D eigenvalue weighted by Gasteiger charge is -2.17. The van der Waals surface area contributed by atoms with Gasteiger partial charge in [0.15, 0.2) is 0 Å². The summed E-state index contributed by atoms with van der Waals surface area (Å²) in [6.45, 7) is -1.13. The maximum absolute atomic E-state index is 12.8. The van der Waals surface area contributed by atoms with Gasteiger partial charge in [-0.25, -0.2) is 4.52 Å². The molecule has 1 unspecified atom stereocenters. The van der Waals surface area contributed by atoms with Gasteiger partial charge in [0.05, 0.1) is 41.1 Å². The van der Waals surface area contributed by atoms with Crippen LogP contribution in [0.25, 0.3) is 33.1 Å². The SMILES string of the molecule is N#CC1CC=C(c2nccn3ncc(-c4ccc5c(cnn5CC(F)(F)F)c4)c23)CC1. The van der Waals surface area contributed by atoms with Crippen molar-refractivity contribution < 1.29 is 13.2 Å². The second kappa shape index (κ2) is 7.23. The van der Waals surface area contributed by atoms with E-state index in [4.69, 9.17) is 5.26 Å². The number of alkyl halides is 3. The molecule has 3 aromatic heterocycles. The third-order valence-electron chi connectivity index (χ3n) is 5.61. The first-order valence-corrected chi connectivity index (χ1v) is 9.87. The zero-order valence-corrected chi connectivity index (χ0v) is 16.3. The number of halogens is 3. The first kappa shape index (κ1) is 19.3. The molecule has 1 aliphatic rings. The van der Waals surface area contributed by atoms with Crippen LogP contribution in [0.2, 0.25) is 0 Å². The molecule has 1 aliphatic carbocycles. The number of aromatic nitrogens is 5. The van der Waals surface area contributed by atoms with E-state index in [-0.39, 0.29) is 5.92 Å². The van der Waals surface area contributed by atoms with Crippen LogP contribution in [0.5, 0.6) is 0 Å². The third kappa shape index (κ3) is 3.54. The third-order valence-corrected chi connectivity index (χ3v) is 5.61. The molecule has 1 atom stereocenters. The van der Waals surface area contributed by atoms with E-state index in [0.29, 0.717) is 17.3 Å².